The number of hydrogen-bond acceptors (Lipinski definition) is 1. The lowest BCUT2D eigenvalue weighted by Gasteiger charge is -1.92. The van der Waals surface area contributed by atoms with E-state index in [9.17, 15) is 4.79 Å². The average Bonchev–Trinajstić information content (AvgIpc) is 2.27. The fourth-order valence-electron chi connectivity index (χ4n) is 1.00. The highest BCUT2D eigenvalue weighted by atomic mass is 16.4. The van der Waals surface area contributed by atoms with Gasteiger partial charge in [-0.15, -0.1) is 0 Å². The second kappa shape index (κ2) is 9.97. The summed E-state index contributed by atoms with van der Waals surface area (Å²) in [6.07, 6.45) is 18.0. The summed E-state index contributed by atoms with van der Waals surface area (Å²) in [4.78, 5) is 9.60. The molecule has 1 aliphatic rings. The number of hydrogen-bond donors (Lipinski definition) is 1. The molecule has 2 heteroatoms. The Kier molecular flexibility index (Phi) is 8.99. The summed E-state index contributed by atoms with van der Waals surface area (Å²) in [6, 6.07) is 0. The van der Waals surface area contributed by atoms with E-state index in [4.69, 9.17) is 5.11 Å². The maximum Gasteiger partial charge on any atom is 0.330 e. The van der Waals surface area contributed by atoms with Gasteiger partial charge >= 0.3 is 5.97 Å². The highest BCUT2D eigenvalue weighted by molar-refractivity contribution is 5.84. The Morgan fingerprint density at radius 1 is 1.06 bits per heavy atom. The van der Waals surface area contributed by atoms with Crippen molar-refractivity contribution in [3.8, 4) is 0 Å². The topological polar surface area (TPSA) is 37.3 Å². The summed E-state index contributed by atoms with van der Waals surface area (Å²) in [5.41, 5.74) is 0.176. The van der Waals surface area contributed by atoms with Crippen LogP contribution in [0.4, 0.5) is 0 Å². The lowest BCUT2D eigenvalue weighted by molar-refractivity contribution is -0.132. The van der Waals surface area contributed by atoms with Crippen LogP contribution in [0.25, 0.3) is 0 Å². The zero-order valence-electron chi connectivity index (χ0n) is 9.86. The normalized spacial score (nSPS) is 16.8. The van der Waals surface area contributed by atoms with Crippen molar-refractivity contribution in [3.63, 3.8) is 0 Å². The Hall–Kier alpha value is -1.57. The highest BCUT2D eigenvalue weighted by Crippen LogP contribution is 2.03. The van der Waals surface area contributed by atoms with Crippen LogP contribution in [-0.2, 0) is 4.79 Å². The maximum absolute atomic E-state index is 9.60. The molecule has 0 atom stereocenters. The van der Waals surface area contributed by atoms with Gasteiger partial charge in [-0.2, -0.15) is 0 Å². The van der Waals surface area contributed by atoms with Crippen LogP contribution in [-0.4, -0.2) is 11.1 Å². The largest absolute Gasteiger partial charge is 0.478 e. The first kappa shape index (κ1) is 14.4. The Labute approximate surface area is 97.7 Å². The van der Waals surface area contributed by atoms with Gasteiger partial charge in [-0.05, 0) is 32.6 Å². The Bertz CT molecular complexity index is 266. The molecule has 2 nitrogen and oxygen atoms in total. The molecule has 16 heavy (non-hydrogen) atoms. The monoisotopic (exact) mass is 220 g/mol. The van der Waals surface area contributed by atoms with E-state index in [0.717, 1.165) is 0 Å². The fraction of sp³-hybridized carbons (Fsp3) is 0.357. The molecule has 0 fully saturated rings. The van der Waals surface area contributed by atoms with Gasteiger partial charge in [-0.25, -0.2) is 4.79 Å². The fourth-order valence-corrected chi connectivity index (χ4v) is 1.00. The van der Waals surface area contributed by atoms with E-state index in [1.807, 2.05) is 0 Å². The number of rotatable bonds is 1. The summed E-state index contributed by atoms with van der Waals surface area (Å²) < 4.78 is 0. The van der Waals surface area contributed by atoms with E-state index in [1.165, 1.54) is 32.6 Å². The minimum atomic E-state index is -0.935. The predicted octanol–water partition coefficient (Wildman–Crippen LogP) is 3.88. The zero-order chi connectivity index (χ0) is 12.2. The van der Waals surface area contributed by atoms with Crippen molar-refractivity contribution in [1.29, 1.82) is 0 Å². The van der Waals surface area contributed by atoms with E-state index in [0.29, 0.717) is 0 Å². The van der Waals surface area contributed by atoms with E-state index in [1.54, 1.807) is 0 Å². The van der Waals surface area contributed by atoms with Crippen molar-refractivity contribution < 1.29 is 9.90 Å². The Morgan fingerprint density at radius 3 is 1.75 bits per heavy atom. The minimum Gasteiger partial charge on any atom is -0.478 e. The summed E-state index contributed by atoms with van der Waals surface area (Å²) >= 11 is 0. The summed E-state index contributed by atoms with van der Waals surface area (Å²) in [5, 5.41) is 7.89. The third-order valence-corrected chi connectivity index (χ3v) is 1.96. The maximum atomic E-state index is 9.60. The highest BCUT2D eigenvalue weighted by Gasteiger charge is 1.90. The molecule has 0 heterocycles. The molecule has 0 bridgehead atoms. The Balaban J connectivity index is 0.000000325. The molecule has 0 saturated heterocycles. The molecule has 88 valence electrons. The van der Waals surface area contributed by atoms with Crippen LogP contribution in [0.15, 0.2) is 48.6 Å². The molecule has 0 spiro atoms. The first-order valence-electron chi connectivity index (χ1n) is 5.51. The second-order valence-corrected chi connectivity index (χ2v) is 3.61. The average molecular weight is 220 g/mol. The van der Waals surface area contributed by atoms with Crippen molar-refractivity contribution in [1.82, 2.24) is 0 Å². The summed E-state index contributed by atoms with van der Waals surface area (Å²) in [5.74, 6) is -0.935. The van der Waals surface area contributed by atoms with Crippen molar-refractivity contribution in [2.24, 2.45) is 0 Å². The molecule has 0 aromatic rings. The molecule has 0 aliphatic heterocycles. The Morgan fingerprint density at radius 2 is 1.44 bits per heavy atom. The van der Waals surface area contributed by atoms with Crippen molar-refractivity contribution in [2.45, 2.75) is 32.6 Å². The first-order valence-corrected chi connectivity index (χ1v) is 5.51. The number of carbonyl (C=O) groups is 1. The van der Waals surface area contributed by atoms with Crippen LogP contribution in [0.1, 0.15) is 32.6 Å². The zero-order valence-corrected chi connectivity index (χ0v) is 9.86. The predicted molar refractivity (Wildman–Crippen MR) is 68.3 cm³/mol. The number of aliphatic carboxylic acids is 1. The molecule has 0 aromatic carbocycles. The lowest BCUT2D eigenvalue weighted by Crippen LogP contribution is -1.92. The molecule has 1 rings (SSSR count). The second-order valence-electron chi connectivity index (χ2n) is 3.61. The van der Waals surface area contributed by atoms with Crippen LogP contribution in [0, 0.1) is 0 Å². The van der Waals surface area contributed by atoms with Gasteiger partial charge in [0.2, 0.25) is 0 Å². The van der Waals surface area contributed by atoms with Gasteiger partial charge in [-0.3, -0.25) is 0 Å². The van der Waals surface area contributed by atoms with E-state index < -0.39 is 5.97 Å². The summed E-state index contributed by atoms with van der Waals surface area (Å²) in [6.45, 7) is 4.60. The van der Waals surface area contributed by atoms with Crippen LogP contribution in [0.2, 0.25) is 0 Å². The first-order chi connectivity index (χ1) is 7.64. The smallest absolute Gasteiger partial charge is 0.330 e. The molecule has 0 unspecified atom stereocenters. The van der Waals surface area contributed by atoms with E-state index in [-0.39, 0.29) is 5.57 Å². The number of carboxylic acids is 1. The van der Waals surface area contributed by atoms with Gasteiger partial charge in [-0.1, -0.05) is 43.0 Å². The molecular formula is C14H20O2. The number of carboxylic acid groups (broad SMARTS) is 1. The minimum absolute atomic E-state index is 0.176. The van der Waals surface area contributed by atoms with Crippen LogP contribution >= 0.6 is 0 Å². The quantitative estimate of drug-likeness (QED) is 0.681. The SMILES string of the molecule is C1=C/C=C/CCCCC=C1.C=C(C)C(=O)O. The number of allylic oxidation sites excluding steroid dienone is 6. The van der Waals surface area contributed by atoms with Gasteiger partial charge in [0.05, 0.1) is 0 Å². The third kappa shape index (κ3) is 10.5. The van der Waals surface area contributed by atoms with Crippen molar-refractivity contribution >= 4 is 5.97 Å². The van der Waals surface area contributed by atoms with Gasteiger partial charge in [0, 0.05) is 5.57 Å². The molecule has 0 radical (unpaired) electrons. The molecular weight excluding hydrogens is 200 g/mol. The van der Waals surface area contributed by atoms with Crippen LogP contribution < -0.4 is 0 Å². The van der Waals surface area contributed by atoms with E-state index >= 15 is 0 Å². The van der Waals surface area contributed by atoms with Crippen molar-refractivity contribution in [3.05, 3.63) is 48.6 Å². The van der Waals surface area contributed by atoms with Crippen LogP contribution in [0.3, 0.4) is 0 Å². The molecule has 1 N–H and O–H groups in total. The van der Waals surface area contributed by atoms with Gasteiger partial charge < -0.3 is 5.11 Å². The summed E-state index contributed by atoms with van der Waals surface area (Å²) in [7, 11) is 0. The molecule has 0 amide bonds. The lowest BCUT2D eigenvalue weighted by atomic mass is 10.1. The molecule has 0 aromatic heterocycles. The van der Waals surface area contributed by atoms with Gasteiger partial charge in [0.1, 0.15) is 0 Å². The van der Waals surface area contributed by atoms with E-state index in [2.05, 4.69) is 43.0 Å². The van der Waals surface area contributed by atoms with Gasteiger partial charge in [0.25, 0.3) is 0 Å². The standard InChI is InChI=1S/C10H14.C4H6O2/c1-2-4-6-8-10-9-7-5-3-1;1-3(2)4(5)6/h1-6H,7-10H2;1H2,2H3,(H,5,6)/b2-1?,5-3+,6-4?;. The van der Waals surface area contributed by atoms with Crippen molar-refractivity contribution in [2.75, 3.05) is 0 Å². The molecule has 1 aliphatic carbocycles. The van der Waals surface area contributed by atoms with Gasteiger partial charge in [0.15, 0.2) is 0 Å². The van der Waals surface area contributed by atoms with Crippen LogP contribution in [0.5, 0.6) is 0 Å². The third-order valence-electron chi connectivity index (χ3n) is 1.96. The molecule has 0 saturated carbocycles.